The summed E-state index contributed by atoms with van der Waals surface area (Å²) in [6.07, 6.45) is 6.78. The fourth-order valence-electron chi connectivity index (χ4n) is 3.50. The van der Waals surface area contributed by atoms with Crippen molar-refractivity contribution in [3.8, 4) is 0 Å². The van der Waals surface area contributed by atoms with Gasteiger partial charge in [0, 0.05) is 40.8 Å². The smallest absolute Gasteiger partial charge is 0.230 e. The van der Waals surface area contributed by atoms with Gasteiger partial charge in [0.1, 0.15) is 0 Å². The first-order chi connectivity index (χ1) is 9.59. The van der Waals surface area contributed by atoms with Crippen LogP contribution in [0.25, 0.3) is 0 Å². The summed E-state index contributed by atoms with van der Waals surface area (Å²) in [6.45, 7) is 2.87. The van der Waals surface area contributed by atoms with E-state index in [9.17, 15) is 4.79 Å². The molecule has 0 atom stereocenters. The highest BCUT2D eigenvalue weighted by Gasteiger charge is 2.42. The van der Waals surface area contributed by atoms with Gasteiger partial charge in [-0.05, 0) is 25.7 Å². The molecule has 0 aromatic rings. The van der Waals surface area contributed by atoms with Crippen LogP contribution in [0.1, 0.15) is 38.5 Å². The van der Waals surface area contributed by atoms with Crippen molar-refractivity contribution in [2.45, 2.75) is 38.5 Å². The van der Waals surface area contributed by atoms with Crippen molar-refractivity contribution in [2.75, 3.05) is 40.8 Å². The molecule has 1 aliphatic carbocycles. The Balaban J connectivity index is 2.00. The van der Waals surface area contributed by atoms with Gasteiger partial charge >= 0.3 is 0 Å². The number of aliphatic imine (C=N–C) groups is 1. The summed E-state index contributed by atoms with van der Waals surface area (Å²) < 4.78 is 0. The second kappa shape index (κ2) is 6.46. The summed E-state index contributed by atoms with van der Waals surface area (Å²) in [5, 5.41) is 3.46. The van der Waals surface area contributed by atoms with Gasteiger partial charge in [-0.2, -0.15) is 0 Å². The van der Waals surface area contributed by atoms with E-state index in [4.69, 9.17) is 0 Å². The monoisotopic (exact) mass is 280 g/mol. The van der Waals surface area contributed by atoms with E-state index in [0.29, 0.717) is 6.54 Å². The molecule has 0 radical (unpaired) electrons. The standard InChI is InChI=1S/C15H28N4O/c1-16-14(19-10-6-7-11-19)17-12-15(8-4-5-9-15)13(20)18(2)3/h4-12H2,1-3H3,(H,16,17). The Hall–Kier alpha value is -1.26. The molecule has 0 aromatic heterocycles. The lowest BCUT2D eigenvalue weighted by atomic mass is 9.84. The van der Waals surface area contributed by atoms with Crippen molar-refractivity contribution < 1.29 is 4.79 Å². The van der Waals surface area contributed by atoms with Gasteiger partial charge in [-0.25, -0.2) is 0 Å². The zero-order chi connectivity index (χ0) is 14.6. The van der Waals surface area contributed by atoms with Crippen LogP contribution in [0, 0.1) is 5.41 Å². The zero-order valence-corrected chi connectivity index (χ0v) is 13.1. The fraction of sp³-hybridized carbons (Fsp3) is 0.867. The summed E-state index contributed by atoms with van der Waals surface area (Å²) >= 11 is 0. The van der Waals surface area contributed by atoms with Gasteiger partial charge in [0.25, 0.3) is 0 Å². The average molecular weight is 280 g/mol. The lowest BCUT2D eigenvalue weighted by Gasteiger charge is -2.32. The van der Waals surface area contributed by atoms with E-state index in [1.807, 2.05) is 21.1 Å². The Morgan fingerprint density at radius 3 is 2.30 bits per heavy atom. The zero-order valence-electron chi connectivity index (χ0n) is 13.1. The molecule has 5 heteroatoms. The largest absolute Gasteiger partial charge is 0.355 e. The third kappa shape index (κ3) is 3.07. The fourth-order valence-corrected chi connectivity index (χ4v) is 3.50. The van der Waals surface area contributed by atoms with Gasteiger partial charge in [0.05, 0.1) is 5.41 Å². The number of nitrogens with zero attached hydrogens (tertiary/aromatic N) is 3. The predicted octanol–water partition coefficient (Wildman–Crippen LogP) is 1.31. The minimum atomic E-state index is -0.223. The Labute approximate surface area is 122 Å². The lowest BCUT2D eigenvalue weighted by Crippen LogP contribution is -2.49. The molecule has 0 bridgehead atoms. The minimum Gasteiger partial charge on any atom is -0.355 e. The van der Waals surface area contributed by atoms with E-state index in [-0.39, 0.29) is 11.3 Å². The highest BCUT2D eigenvalue weighted by Crippen LogP contribution is 2.38. The number of hydrogen-bond donors (Lipinski definition) is 1. The van der Waals surface area contributed by atoms with Gasteiger partial charge in [-0.1, -0.05) is 12.8 Å². The second-order valence-electron chi connectivity index (χ2n) is 6.28. The summed E-state index contributed by atoms with van der Waals surface area (Å²) in [5.74, 6) is 1.22. The molecule has 2 aliphatic rings. The molecule has 1 heterocycles. The topological polar surface area (TPSA) is 47.9 Å². The number of carbonyl (C=O) groups excluding carboxylic acids is 1. The first-order valence-corrected chi connectivity index (χ1v) is 7.76. The summed E-state index contributed by atoms with van der Waals surface area (Å²) in [5.41, 5.74) is -0.223. The van der Waals surface area contributed by atoms with Crippen molar-refractivity contribution in [1.29, 1.82) is 0 Å². The number of hydrogen-bond acceptors (Lipinski definition) is 2. The quantitative estimate of drug-likeness (QED) is 0.626. The number of likely N-dealkylation sites (tertiary alicyclic amines) is 1. The van der Waals surface area contributed by atoms with E-state index in [2.05, 4.69) is 15.2 Å². The number of nitrogens with one attached hydrogen (secondary N) is 1. The molecule has 114 valence electrons. The number of amides is 1. The Morgan fingerprint density at radius 1 is 1.20 bits per heavy atom. The third-order valence-electron chi connectivity index (χ3n) is 4.62. The highest BCUT2D eigenvalue weighted by molar-refractivity contribution is 5.85. The maximum atomic E-state index is 12.5. The molecule has 1 aliphatic heterocycles. The van der Waals surface area contributed by atoms with Gasteiger partial charge in [-0.15, -0.1) is 0 Å². The molecule has 20 heavy (non-hydrogen) atoms. The number of guanidine groups is 1. The van der Waals surface area contributed by atoms with Crippen LogP contribution in [0.2, 0.25) is 0 Å². The molecule has 2 fully saturated rings. The summed E-state index contributed by atoms with van der Waals surface area (Å²) in [6, 6.07) is 0. The number of carbonyl (C=O) groups is 1. The SMILES string of the molecule is CN=C(NCC1(C(=O)N(C)C)CCCC1)N1CCCC1. The van der Waals surface area contributed by atoms with Crippen molar-refractivity contribution >= 4 is 11.9 Å². The van der Waals surface area contributed by atoms with Crippen molar-refractivity contribution in [2.24, 2.45) is 10.4 Å². The maximum absolute atomic E-state index is 12.5. The van der Waals surface area contributed by atoms with Gasteiger partial charge < -0.3 is 15.1 Å². The van der Waals surface area contributed by atoms with Crippen LogP contribution in [0.5, 0.6) is 0 Å². The molecule has 1 amide bonds. The molecule has 0 spiro atoms. The Morgan fingerprint density at radius 2 is 1.80 bits per heavy atom. The van der Waals surface area contributed by atoms with E-state index in [0.717, 1.165) is 44.7 Å². The van der Waals surface area contributed by atoms with Crippen LogP contribution < -0.4 is 5.32 Å². The molecule has 0 unspecified atom stereocenters. The van der Waals surface area contributed by atoms with E-state index in [1.54, 1.807) is 4.90 Å². The molecule has 1 saturated heterocycles. The van der Waals surface area contributed by atoms with Crippen LogP contribution in [-0.4, -0.2) is 62.4 Å². The minimum absolute atomic E-state index is 0.223. The molecule has 0 aromatic carbocycles. The van der Waals surface area contributed by atoms with E-state index in [1.165, 1.54) is 12.8 Å². The Bertz CT molecular complexity index is 366. The van der Waals surface area contributed by atoms with Crippen LogP contribution in [-0.2, 0) is 4.79 Å². The van der Waals surface area contributed by atoms with Crippen LogP contribution in [0.3, 0.4) is 0 Å². The average Bonchev–Trinajstić information content (AvgIpc) is 3.10. The van der Waals surface area contributed by atoms with Crippen molar-refractivity contribution in [1.82, 2.24) is 15.1 Å². The number of rotatable bonds is 3. The molecule has 1 saturated carbocycles. The highest BCUT2D eigenvalue weighted by atomic mass is 16.2. The van der Waals surface area contributed by atoms with Crippen molar-refractivity contribution in [3.63, 3.8) is 0 Å². The Kier molecular flexibility index (Phi) is 4.89. The van der Waals surface area contributed by atoms with Gasteiger partial charge in [0.2, 0.25) is 5.91 Å². The second-order valence-corrected chi connectivity index (χ2v) is 6.28. The molecule has 5 nitrogen and oxygen atoms in total. The van der Waals surface area contributed by atoms with E-state index >= 15 is 0 Å². The van der Waals surface area contributed by atoms with Crippen LogP contribution in [0.15, 0.2) is 4.99 Å². The summed E-state index contributed by atoms with van der Waals surface area (Å²) in [4.78, 5) is 20.9. The van der Waals surface area contributed by atoms with Gasteiger partial charge in [-0.3, -0.25) is 9.79 Å². The first-order valence-electron chi connectivity index (χ1n) is 7.76. The first kappa shape index (κ1) is 15.1. The third-order valence-corrected chi connectivity index (χ3v) is 4.62. The normalized spacial score (nSPS) is 22.1. The van der Waals surface area contributed by atoms with E-state index < -0.39 is 0 Å². The predicted molar refractivity (Wildman–Crippen MR) is 81.8 cm³/mol. The van der Waals surface area contributed by atoms with Crippen LogP contribution in [0.4, 0.5) is 0 Å². The molecule has 2 rings (SSSR count). The van der Waals surface area contributed by atoms with Crippen LogP contribution >= 0.6 is 0 Å². The van der Waals surface area contributed by atoms with Crippen molar-refractivity contribution in [3.05, 3.63) is 0 Å². The maximum Gasteiger partial charge on any atom is 0.230 e. The van der Waals surface area contributed by atoms with Gasteiger partial charge in [0.15, 0.2) is 5.96 Å². The molecular formula is C15H28N4O. The molecular weight excluding hydrogens is 252 g/mol. The molecule has 1 N–H and O–H groups in total. The lowest BCUT2D eigenvalue weighted by molar-refractivity contribution is -0.138. The summed E-state index contributed by atoms with van der Waals surface area (Å²) in [7, 11) is 5.55.